The number of hydrogen-bond acceptors (Lipinski definition) is 4. The van der Waals surface area contributed by atoms with Gasteiger partial charge in [-0.15, -0.1) is 0 Å². The number of hydrogen-bond donors (Lipinski definition) is 0. The fourth-order valence-electron chi connectivity index (χ4n) is 3.77. The van der Waals surface area contributed by atoms with Crippen LogP contribution in [0.5, 0.6) is 5.75 Å². The van der Waals surface area contributed by atoms with Crippen molar-refractivity contribution < 1.29 is 17.9 Å². The van der Waals surface area contributed by atoms with Gasteiger partial charge in [-0.3, -0.25) is 4.79 Å². The van der Waals surface area contributed by atoms with E-state index in [1.54, 1.807) is 23.1 Å². The Labute approximate surface area is 176 Å². The molecular weight excluding hydrogens is 400 g/mol. The maximum absolute atomic E-state index is 13.5. The van der Waals surface area contributed by atoms with Gasteiger partial charge in [0.2, 0.25) is 10.0 Å². The Morgan fingerprint density at radius 2 is 1.77 bits per heavy atom. The number of sulfonamides is 1. The number of benzene rings is 3. The van der Waals surface area contributed by atoms with Crippen LogP contribution < -0.4 is 9.64 Å². The molecule has 0 atom stereocenters. The predicted octanol–water partition coefficient (Wildman–Crippen LogP) is 3.69. The first kappa shape index (κ1) is 20.4. The van der Waals surface area contributed by atoms with Crippen molar-refractivity contribution in [3.8, 4) is 5.75 Å². The van der Waals surface area contributed by atoms with Gasteiger partial charge < -0.3 is 9.64 Å². The van der Waals surface area contributed by atoms with Crippen LogP contribution in [0, 0.1) is 0 Å². The van der Waals surface area contributed by atoms with Crippen molar-refractivity contribution in [3.63, 3.8) is 0 Å². The van der Waals surface area contributed by atoms with E-state index in [2.05, 4.69) is 0 Å². The van der Waals surface area contributed by atoms with Crippen LogP contribution in [0.4, 0.5) is 5.69 Å². The molecule has 30 heavy (non-hydrogen) atoms. The van der Waals surface area contributed by atoms with Gasteiger partial charge >= 0.3 is 0 Å². The van der Waals surface area contributed by atoms with Crippen LogP contribution in [0.1, 0.15) is 22.8 Å². The highest BCUT2D eigenvalue weighted by Crippen LogP contribution is 2.34. The lowest BCUT2D eigenvalue weighted by molar-refractivity contribution is 0.0986. The Morgan fingerprint density at radius 3 is 2.43 bits per heavy atom. The highest BCUT2D eigenvalue weighted by Gasteiger charge is 2.29. The van der Waals surface area contributed by atoms with E-state index in [1.807, 2.05) is 43.3 Å². The number of nitrogens with zero attached hydrogens (tertiary/aromatic N) is 2. The fourth-order valence-corrected chi connectivity index (χ4v) is 4.72. The van der Waals surface area contributed by atoms with Crippen LogP contribution in [-0.2, 0) is 16.4 Å². The maximum atomic E-state index is 13.5. The monoisotopic (exact) mass is 424 g/mol. The lowest BCUT2D eigenvalue weighted by Gasteiger charge is -2.20. The van der Waals surface area contributed by atoms with E-state index in [9.17, 15) is 13.2 Å². The predicted molar refractivity (Wildman–Crippen MR) is 118 cm³/mol. The number of anilines is 1. The summed E-state index contributed by atoms with van der Waals surface area (Å²) in [7, 11) is -0.502. The molecule has 0 radical (unpaired) electrons. The molecule has 0 N–H and O–H groups in total. The molecule has 6 nitrogen and oxygen atoms in total. The van der Waals surface area contributed by atoms with Crippen LogP contribution in [-0.4, -0.2) is 45.9 Å². The molecule has 0 fully saturated rings. The van der Waals surface area contributed by atoms with E-state index >= 15 is 0 Å². The van der Waals surface area contributed by atoms with Gasteiger partial charge in [0.05, 0.1) is 17.1 Å². The second-order valence-electron chi connectivity index (χ2n) is 7.41. The molecule has 0 aromatic heterocycles. The van der Waals surface area contributed by atoms with Gasteiger partial charge in [-0.25, -0.2) is 12.7 Å². The summed E-state index contributed by atoms with van der Waals surface area (Å²) in [6.45, 7) is 2.85. The molecule has 3 aromatic rings. The first-order valence-electron chi connectivity index (χ1n) is 9.86. The van der Waals surface area contributed by atoms with E-state index < -0.39 is 10.0 Å². The van der Waals surface area contributed by atoms with Crippen molar-refractivity contribution in [1.29, 1.82) is 0 Å². The molecule has 0 spiro atoms. The van der Waals surface area contributed by atoms with E-state index in [-0.39, 0.29) is 10.8 Å². The minimum atomic E-state index is -3.52. The quantitative estimate of drug-likeness (QED) is 0.627. The smallest absolute Gasteiger partial charge is 0.262 e. The van der Waals surface area contributed by atoms with Crippen molar-refractivity contribution in [2.75, 3.05) is 32.1 Å². The SMILES string of the molecule is CCOc1cc2ccccc2cc1C(=O)N1CCc2cc(S(=O)(=O)N(C)C)ccc21. The minimum absolute atomic E-state index is 0.147. The summed E-state index contributed by atoms with van der Waals surface area (Å²) in [4.78, 5) is 15.4. The zero-order valence-electron chi connectivity index (χ0n) is 17.3. The number of carbonyl (C=O) groups excluding carboxylic acids is 1. The van der Waals surface area contributed by atoms with E-state index in [0.717, 1.165) is 22.0 Å². The summed E-state index contributed by atoms with van der Waals surface area (Å²) < 4.78 is 31.8. The molecule has 0 saturated carbocycles. The Hall–Kier alpha value is -2.90. The van der Waals surface area contributed by atoms with Crippen LogP contribution in [0.2, 0.25) is 0 Å². The fraction of sp³-hybridized carbons (Fsp3) is 0.261. The molecule has 0 saturated heterocycles. The molecule has 0 aliphatic carbocycles. The summed E-state index contributed by atoms with van der Waals surface area (Å²) in [5, 5.41) is 1.98. The lowest BCUT2D eigenvalue weighted by atomic mass is 10.0. The second kappa shape index (κ2) is 7.74. The summed E-state index contributed by atoms with van der Waals surface area (Å²) >= 11 is 0. The van der Waals surface area contributed by atoms with Crippen LogP contribution in [0.25, 0.3) is 10.8 Å². The lowest BCUT2D eigenvalue weighted by Crippen LogP contribution is -2.29. The average molecular weight is 425 g/mol. The van der Waals surface area contributed by atoms with E-state index in [4.69, 9.17) is 4.74 Å². The Balaban J connectivity index is 1.74. The van der Waals surface area contributed by atoms with Crippen molar-refractivity contribution >= 4 is 32.4 Å². The summed E-state index contributed by atoms with van der Waals surface area (Å²) in [5.41, 5.74) is 2.10. The summed E-state index contributed by atoms with van der Waals surface area (Å²) in [6, 6.07) is 16.6. The zero-order chi connectivity index (χ0) is 21.5. The van der Waals surface area contributed by atoms with Gasteiger partial charge in [-0.2, -0.15) is 0 Å². The van der Waals surface area contributed by atoms with Crippen molar-refractivity contribution in [3.05, 3.63) is 65.7 Å². The number of rotatable bonds is 5. The molecule has 7 heteroatoms. The van der Waals surface area contributed by atoms with Gasteiger partial charge in [0, 0.05) is 26.3 Å². The standard InChI is InChI=1S/C23H24N2O4S/c1-4-29-22-15-17-8-6-5-7-16(17)14-20(22)23(26)25-12-11-18-13-19(9-10-21(18)25)30(27,28)24(2)3/h5-10,13-15H,4,11-12H2,1-3H3. The maximum Gasteiger partial charge on any atom is 0.262 e. The van der Waals surface area contributed by atoms with Crippen molar-refractivity contribution in [2.24, 2.45) is 0 Å². The van der Waals surface area contributed by atoms with Crippen LogP contribution >= 0.6 is 0 Å². The second-order valence-corrected chi connectivity index (χ2v) is 9.57. The average Bonchev–Trinajstić information content (AvgIpc) is 3.16. The molecule has 0 unspecified atom stereocenters. The van der Waals surface area contributed by atoms with Gasteiger partial charge in [0.15, 0.2) is 0 Å². The Morgan fingerprint density at radius 1 is 1.07 bits per heavy atom. The topological polar surface area (TPSA) is 66.9 Å². The molecule has 4 rings (SSSR count). The molecule has 1 aliphatic heterocycles. The van der Waals surface area contributed by atoms with Crippen molar-refractivity contribution in [2.45, 2.75) is 18.2 Å². The Bertz CT molecular complexity index is 1240. The highest BCUT2D eigenvalue weighted by molar-refractivity contribution is 7.89. The van der Waals surface area contributed by atoms with Crippen LogP contribution in [0.15, 0.2) is 59.5 Å². The Kier molecular flexibility index (Phi) is 5.26. The van der Waals surface area contributed by atoms with Crippen LogP contribution in [0.3, 0.4) is 0 Å². The third-order valence-electron chi connectivity index (χ3n) is 5.35. The van der Waals surface area contributed by atoms with E-state index in [0.29, 0.717) is 30.9 Å². The normalized spacial score (nSPS) is 13.7. The molecule has 1 heterocycles. The van der Waals surface area contributed by atoms with Gasteiger partial charge in [0.1, 0.15) is 5.75 Å². The molecule has 1 amide bonds. The zero-order valence-corrected chi connectivity index (χ0v) is 18.1. The van der Waals surface area contributed by atoms with Gasteiger partial charge in [0.25, 0.3) is 5.91 Å². The number of ether oxygens (including phenoxy) is 1. The molecule has 1 aliphatic rings. The summed E-state index contributed by atoms with van der Waals surface area (Å²) in [6.07, 6.45) is 0.607. The first-order chi connectivity index (χ1) is 14.3. The molecular formula is C23H24N2O4S. The summed E-state index contributed by atoms with van der Waals surface area (Å²) in [5.74, 6) is 0.410. The number of amides is 1. The van der Waals surface area contributed by atoms with E-state index in [1.165, 1.54) is 18.4 Å². The largest absolute Gasteiger partial charge is 0.493 e. The highest BCUT2D eigenvalue weighted by atomic mass is 32.2. The van der Waals surface area contributed by atoms with Crippen molar-refractivity contribution in [1.82, 2.24) is 4.31 Å². The minimum Gasteiger partial charge on any atom is -0.493 e. The number of carbonyl (C=O) groups is 1. The molecule has 0 bridgehead atoms. The molecule has 156 valence electrons. The number of fused-ring (bicyclic) bond motifs is 2. The molecule has 3 aromatic carbocycles. The third kappa shape index (κ3) is 3.44. The van der Waals surface area contributed by atoms with Gasteiger partial charge in [-0.05, 0) is 60.0 Å². The van der Waals surface area contributed by atoms with Gasteiger partial charge in [-0.1, -0.05) is 24.3 Å². The first-order valence-corrected chi connectivity index (χ1v) is 11.3. The third-order valence-corrected chi connectivity index (χ3v) is 7.16.